The van der Waals surface area contributed by atoms with Crippen LogP contribution in [0.2, 0.25) is 28.2 Å². The van der Waals surface area contributed by atoms with Crippen LogP contribution >= 0.6 is 23.2 Å². The quantitative estimate of drug-likeness (QED) is 0.525. The zero-order chi connectivity index (χ0) is 22.0. The summed E-state index contributed by atoms with van der Waals surface area (Å²) in [4.78, 5) is 23.6. The summed E-state index contributed by atoms with van der Waals surface area (Å²) in [6.45, 7) is 11.2. The first-order chi connectivity index (χ1) is 13.3. The summed E-state index contributed by atoms with van der Waals surface area (Å²) in [5.74, 6) is -0.868. The second kappa shape index (κ2) is 8.77. The van der Waals surface area contributed by atoms with Gasteiger partial charge in [-0.05, 0) is 48.0 Å². The van der Waals surface area contributed by atoms with Gasteiger partial charge in [0, 0.05) is 12.1 Å². The van der Waals surface area contributed by atoms with Crippen molar-refractivity contribution in [3.8, 4) is 5.75 Å². The highest BCUT2D eigenvalue weighted by atomic mass is 35.5. The summed E-state index contributed by atoms with van der Waals surface area (Å²) in [7, 11) is -1.96. The first kappa shape index (κ1) is 23.3. The van der Waals surface area contributed by atoms with Crippen molar-refractivity contribution in [1.29, 1.82) is 0 Å². The van der Waals surface area contributed by atoms with Crippen LogP contribution < -0.4 is 9.74 Å². The van der Waals surface area contributed by atoms with Gasteiger partial charge in [0.1, 0.15) is 5.75 Å². The van der Waals surface area contributed by atoms with Gasteiger partial charge in [0.25, 0.3) is 5.91 Å². The molecular formula is C21H25Cl2NO4Si. The van der Waals surface area contributed by atoms with Crippen molar-refractivity contribution in [3.05, 3.63) is 63.1 Å². The number of aromatic carboxylic acids is 1. The van der Waals surface area contributed by atoms with Gasteiger partial charge in [-0.1, -0.05) is 56.1 Å². The Bertz CT molecular complexity index is 916. The fraction of sp³-hybridized carbons (Fsp3) is 0.333. The van der Waals surface area contributed by atoms with Crippen molar-refractivity contribution in [3.63, 3.8) is 0 Å². The molecule has 156 valence electrons. The Morgan fingerprint density at radius 1 is 1.10 bits per heavy atom. The standard InChI is InChI=1S/C21H25Cl2NO4Si/c1-21(2,3)29(4,5)28-15-8-6-7-13(9-15)12-24-19(25)14-10-16(22)18(20(26)27)17(23)11-14/h6-11H,12H2,1-5H3,(H,24,25)(H,26,27). The molecule has 1 amide bonds. The molecule has 0 fully saturated rings. The minimum absolute atomic E-state index is 0.0812. The number of hydrogen-bond donors (Lipinski definition) is 2. The topological polar surface area (TPSA) is 75.6 Å². The summed E-state index contributed by atoms with van der Waals surface area (Å²) < 4.78 is 6.30. The first-order valence-corrected chi connectivity index (χ1v) is 12.8. The molecule has 0 unspecified atom stereocenters. The van der Waals surface area contributed by atoms with Crippen molar-refractivity contribution in [1.82, 2.24) is 5.32 Å². The fourth-order valence-corrected chi connectivity index (χ4v) is 4.03. The molecule has 0 atom stereocenters. The number of hydrogen-bond acceptors (Lipinski definition) is 3. The number of halogens is 2. The van der Waals surface area contributed by atoms with Gasteiger partial charge < -0.3 is 14.8 Å². The van der Waals surface area contributed by atoms with E-state index in [1.807, 2.05) is 24.3 Å². The molecule has 2 rings (SSSR count). The Hall–Kier alpha value is -2.02. The number of rotatable bonds is 6. The van der Waals surface area contributed by atoms with Crippen molar-refractivity contribution in [2.75, 3.05) is 0 Å². The van der Waals surface area contributed by atoms with Crippen molar-refractivity contribution >= 4 is 43.4 Å². The zero-order valence-electron chi connectivity index (χ0n) is 17.1. The molecule has 0 aliphatic rings. The molecule has 0 heterocycles. The number of carbonyl (C=O) groups excluding carboxylic acids is 1. The van der Waals surface area contributed by atoms with Gasteiger partial charge in [-0.15, -0.1) is 0 Å². The molecule has 0 saturated heterocycles. The SMILES string of the molecule is CC(C)(C)[Si](C)(C)Oc1cccc(CNC(=O)c2cc(Cl)c(C(=O)O)c(Cl)c2)c1. The Morgan fingerprint density at radius 2 is 1.69 bits per heavy atom. The predicted molar refractivity (Wildman–Crippen MR) is 119 cm³/mol. The molecular weight excluding hydrogens is 429 g/mol. The van der Waals surface area contributed by atoms with Gasteiger partial charge in [-0.3, -0.25) is 4.79 Å². The molecule has 29 heavy (non-hydrogen) atoms. The second-order valence-corrected chi connectivity index (χ2v) is 13.9. The van der Waals surface area contributed by atoms with Crippen molar-refractivity contribution in [2.45, 2.75) is 45.4 Å². The van der Waals surface area contributed by atoms with Crippen LogP contribution in [0.1, 0.15) is 47.1 Å². The van der Waals surface area contributed by atoms with E-state index in [2.05, 4.69) is 39.2 Å². The Balaban J connectivity index is 2.11. The minimum atomic E-state index is -1.96. The van der Waals surface area contributed by atoms with Gasteiger partial charge in [0.05, 0.1) is 15.6 Å². The number of amides is 1. The van der Waals surface area contributed by atoms with Crippen LogP contribution in [0.5, 0.6) is 5.75 Å². The third-order valence-corrected chi connectivity index (χ3v) is 10.0. The number of nitrogens with one attached hydrogen (secondary N) is 1. The van der Waals surface area contributed by atoms with E-state index < -0.39 is 20.2 Å². The third kappa shape index (κ3) is 5.75. The minimum Gasteiger partial charge on any atom is -0.543 e. The number of benzene rings is 2. The zero-order valence-corrected chi connectivity index (χ0v) is 19.6. The van der Waals surface area contributed by atoms with Gasteiger partial charge >= 0.3 is 5.97 Å². The first-order valence-electron chi connectivity index (χ1n) is 9.10. The summed E-state index contributed by atoms with van der Waals surface area (Å²) in [6.07, 6.45) is 0. The van der Waals surface area contributed by atoms with E-state index in [9.17, 15) is 9.59 Å². The van der Waals surface area contributed by atoms with Gasteiger partial charge in [0.2, 0.25) is 8.32 Å². The fourth-order valence-electron chi connectivity index (χ4n) is 2.36. The van der Waals surface area contributed by atoms with E-state index in [0.717, 1.165) is 11.3 Å². The number of carboxylic acid groups (broad SMARTS) is 1. The molecule has 2 aromatic rings. The van der Waals surface area contributed by atoms with Crippen LogP contribution in [0.15, 0.2) is 36.4 Å². The molecule has 0 aliphatic heterocycles. The lowest BCUT2D eigenvalue weighted by molar-refractivity contribution is 0.0696. The number of carbonyl (C=O) groups is 2. The molecule has 0 aliphatic carbocycles. The van der Waals surface area contributed by atoms with Crippen LogP contribution in [0.4, 0.5) is 0 Å². The second-order valence-electron chi connectivity index (χ2n) is 8.31. The lowest BCUT2D eigenvalue weighted by Crippen LogP contribution is -2.43. The molecule has 5 nitrogen and oxygen atoms in total. The smallest absolute Gasteiger partial charge is 0.338 e. The Morgan fingerprint density at radius 3 is 2.21 bits per heavy atom. The van der Waals surface area contributed by atoms with E-state index in [1.54, 1.807) is 0 Å². The van der Waals surface area contributed by atoms with Crippen molar-refractivity contribution in [2.24, 2.45) is 0 Å². The normalized spacial score (nSPS) is 11.8. The van der Waals surface area contributed by atoms with Gasteiger partial charge in [-0.25, -0.2) is 4.79 Å². The summed E-state index contributed by atoms with van der Waals surface area (Å²) >= 11 is 11.9. The van der Waals surface area contributed by atoms with E-state index in [1.165, 1.54) is 12.1 Å². The number of carboxylic acids is 1. The van der Waals surface area contributed by atoms with Crippen LogP contribution in [-0.4, -0.2) is 25.3 Å². The highest BCUT2D eigenvalue weighted by molar-refractivity contribution is 6.74. The molecule has 2 N–H and O–H groups in total. The molecule has 0 bridgehead atoms. The average molecular weight is 454 g/mol. The average Bonchev–Trinajstić information content (AvgIpc) is 2.57. The predicted octanol–water partition coefficient (Wildman–Crippen LogP) is 6.01. The van der Waals surface area contributed by atoms with Crippen LogP contribution in [0, 0.1) is 0 Å². The maximum absolute atomic E-state index is 12.4. The molecule has 0 spiro atoms. The Kier molecular flexibility index (Phi) is 7.04. The maximum Gasteiger partial charge on any atom is 0.338 e. The molecule has 2 aromatic carbocycles. The summed E-state index contributed by atoms with van der Waals surface area (Å²) in [5.41, 5.74) is 0.855. The van der Waals surface area contributed by atoms with E-state index in [-0.39, 0.29) is 32.8 Å². The van der Waals surface area contributed by atoms with E-state index in [4.69, 9.17) is 32.7 Å². The molecule has 0 radical (unpaired) electrons. The van der Waals surface area contributed by atoms with E-state index >= 15 is 0 Å². The summed E-state index contributed by atoms with van der Waals surface area (Å²) in [6, 6.07) is 10.2. The molecule has 0 saturated carbocycles. The van der Waals surface area contributed by atoms with Crippen LogP contribution in [-0.2, 0) is 6.54 Å². The van der Waals surface area contributed by atoms with Crippen molar-refractivity contribution < 1.29 is 19.1 Å². The van der Waals surface area contributed by atoms with Crippen LogP contribution in [0.3, 0.4) is 0 Å². The molecule has 0 aromatic heterocycles. The monoisotopic (exact) mass is 453 g/mol. The molecule has 8 heteroatoms. The Labute approximate surface area is 182 Å². The van der Waals surface area contributed by atoms with Gasteiger partial charge in [-0.2, -0.15) is 0 Å². The largest absolute Gasteiger partial charge is 0.543 e. The lowest BCUT2D eigenvalue weighted by atomic mass is 10.1. The van der Waals surface area contributed by atoms with Crippen LogP contribution in [0.25, 0.3) is 0 Å². The highest BCUT2D eigenvalue weighted by Crippen LogP contribution is 2.37. The highest BCUT2D eigenvalue weighted by Gasteiger charge is 2.38. The lowest BCUT2D eigenvalue weighted by Gasteiger charge is -2.36. The van der Waals surface area contributed by atoms with E-state index in [0.29, 0.717) is 0 Å². The summed E-state index contributed by atoms with van der Waals surface area (Å²) in [5, 5.41) is 11.8. The third-order valence-electron chi connectivity index (χ3n) is 5.05. The maximum atomic E-state index is 12.4. The van der Waals surface area contributed by atoms with Gasteiger partial charge in [0.15, 0.2) is 0 Å².